The third-order valence-electron chi connectivity index (χ3n) is 4.97. The molecular weight excluding hydrogens is 385 g/mol. The third kappa shape index (κ3) is 3.09. The Labute approximate surface area is 166 Å². The number of methoxy groups -OCH3 is 2. The van der Waals surface area contributed by atoms with Gasteiger partial charge in [0.15, 0.2) is 23.1 Å². The maximum absolute atomic E-state index is 14.9. The number of rotatable bonds is 5. The second kappa shape index (κ2) is 7.05. The van der Waals surface area contributed by atoms with E-state index in [1.807, 2.05) is 13.0 Å². The molecule has 1 aliphatic rings. The molecule has 0 spiro atoms. The highest BCUT2D eigenvalue weighted by Gasteiger charge is 2.27. The molecule has 0 unspecified atom stereocenters. The zero-order chi connectivity index (χ0) is 20.0. The van der Waals surface area contributed by atoms with Crippen molar-refractivity contribution in [3.8, 4) is 17.1 Å². The number of fused-ring (bicyclic) bond motifs is 1. The van der Waals surface area contributed by atoms with Crippen LogP contribution in [-0.4, -0.2) is 34.7 Å². The second-order valence-corrected chi connectivity index (χ2v) is 7.31. The number of esters is 1. The number of hydrogen-bond donors (Lipinski definition) is 0. The van der Waals surface area contributed by atoms with Crippen molar-refractivity contribution in [3.63, 3.8) is 0 Å². The Morgan fingerprint density at radius 2 is 2.07 bits per heavy atom. The lowest BCUT2D eigenvalue weighted by Gasteiger charge is -2.11. The lowest BCUT2D eigenvalue weighted by atomic mass is 10.1. The van der Waals surface area contributed by atoms with Crippen LogP contribution in [-0.2, 0) is 11.3 Å². The molecule has 0 amide bonds. The molecule has 0 radical (unpaired) electrons. The van der Waals surface area contributed by atoms with E-state index < -0.39 is 11.8 Å². The molecule has 2 heterocycles. The quantitative estimate of drug-likeness (QED) is 0.590. The fraction of sp³-hybridized carbons (Fsp3) is 0.350. The number of hydrogen-bond acceptors (Lipinski definition) is 5. The fourth-order valence-corrected chi connectivity index (χ4v) is 3.53. The summed E-state index contributed by atoms with van der Waals surface area (Å²) in [5.41, 5.74) is 1.76. The molecule has 0 bridgehead atoms. The lowest BCUT2D eigenvalue weighted by molar-refractivity contribution is 0.0596. The predicted octanol–water partition coefficient (Wildman–Crippen LogP) is 4.40. The van der Waals surface area contributed by atoms with Crippen LogP contribution in [0.3, 0.4) is 0 Å². The Kier molecular flexibility index (Phi) is 4.71. The van der Waals surface area contributed by atoms with Gasteiger partial charge in [0.1, 0.15) is 5.65 Å². The molecule has 146 valence electrons. The van der Waals surface area contributed by atoms with Gasteiger partial charge in [-0.25, -0.2) is 19.2 Å². The van der Waals surface area contributed by atoms with Crippen LogP contribution in [0.4, 0.5) is 4.39 Å². The number of aryl methyl sites for hydroxylation is 1. The average molecular weight is 404 g/mol. The molecule has 8 heteroatoms. The molecule has 1 aromatic carbocycles. The fourth-order valence-electron chi connectivity index (χ4n) is 3.30. The van der Waals surface area contributed by atoms with Gasteiger partial charge < -0.3 is 14.0 Å². The summed E-state index contributed by atoms with van der Waals surface area (Å²) >= 11 is 6.00. The summed E-state index contributed by atoms with van der Waals surface area (Å²) in [5.74, 6) is -0.690. The second-order valence-electron chi connectivity index (χ2n) is 6.91. The van der Waals surface area contributed by atoms with E-state index in [0.717, 1.165) is 12.2 Å². The van der Waals surface area contributed by atoms with Crippen molar-refractivity contribution in [1.82, 2.24) is 14.5 Å². The number of carbonyl (C=O) groups excluding carboxylic acids is 1. The first-order valence-electron chi connectivity index (χ1n) is 8.93. The highest BCUT2D eigenvalue weighted by atomic mass is 35.5. The van der Waals surface area contributed by atoms with Gasteiger partial charge in [-0.3, -0.25) is 0 Å². The number of halogens is 2. The Morgan fingerprint density at radius 3 is 2.71 bits per heavy atom. The Morgan fingerprint density at radius 1 is 1.32 bits per heavy atom. The van der Waals surface area contributed by atoms with Crippen LogP contribution in [0.15, 0.2) is 18.2 Å². The predicted molar refractivity (Wildman–Crippen MR) is 103 cm³/mol. The summed E-state index contributed by atoms with van der Waals surface area (Å²) in [7, 11) is 2.62. The smallest absolute Gasteiger partial charge is 0.357 e. The normalized spacial score (nSPS) is 13.8. The van der Waals surface area contributed by atoms with E-state index in [1.54, 1.807) is 0 Å². The van der Waals surface area contributed by atoms with E-state index in [4.69, 9.17) is 21.1 Å². The first-order valence-corrected chi connectivity index (χ1v) is 9.31. The minimum Gasteiger partial charge on any atom is -0.492 e. The molecule has 0 N–H and O–H groups in total. The van der Waals surface area contributed by atoms with Crippen molar-refractivity contribution in [1.29, 1.82) is 0 Å². The zero-order valence-corrected chi connectivity index (χ0v) is 16.5. The van der Waals surface area contributed by atoms with E-state index in [9.17, 15) is 9.18 Å². The molecule has 1 saturated carbocycles. The van der Waals surface area contributed by atoms with E-state index in [2.05, 4.69) is 14.5 Å². The minimum atomic E-state index is -0.679. The van der Waals surface area contributed by atoms with Gasteiger partial charge in [-0.2, -0.15) is 0 Å². The van der Waals surface area contributed by atoms with Crippen LogP contribution >= 0.6 is 11.6 Å². The molecule has 6 nitrogen and oxygen atoms in total. The molecule has 4 rings (SSSR count). The highest BCUT2D eigenvalue weighted by molar-refractivity contribution is 6.32. The van der Waals surface area contributed by atoms with Gasteiger partial charge in [0, 0.05) is 12.2 Å². The lowest BCUT2D eigenvalue weighted by Crippen LogP contribution is -2.10. The molecular formula is C20H19ClFN3O3. The average Bonchev–Trinajstić information content (AvgIpc) is 3.45. The van der Waals surface area contributed by atoms with E-state index >= 15 is 0 Å². The van der Waals surface area contributed by atoms with Crippen LogP contribution in [0.2, 0.25) is 5.02 Å². The summed E-state index contributed by atoms with van der Waals surface area (Å²) in [6.07, 6.45) is 2.34. The number of aromatic nitrogens is 3. The Bertz CT molecular complexity index is 1090. The van der Waals surface area contributed by atoms with Crippen LogP contribution in [0.1, 0.15) is 29.0 Å². The van der Waals surface area contributed by atoms with Gasteiger partial charge in [-0.05, 0) is 43.9 Å². The number of carbonyl (C=O) groups is 1. The maximum atomic E-state index is 14.9. The summed E-state index contributed by atoms with van der Waals surface area (Å²) in [6.45, 7) is 2.76. The van der Waals surface area contributed by atoms with Crippen LogP contribution in [0.25, 0.3) is 22.4 Å². The van der Waals surface area contributed by atoms with Crippen molar-refractivity contribution in [2.24, 2.45) is 5.92 Å². The van der Waals surface area contributed by atoms with E-state index in [0.29, 0.717) is 17.0 Å². The monoisotopic (exact) mass is 403 g/mol. The summed E-state index contributed by atoms with van der Waals surface area (Å²) in [6, 6.07) is 4.86. The largest absolute Gasteiger partial charge is 0.492 e. The molecule has 0 saturated heterocycles. The molecule has 28 heavy (non-hydrogen) atoms. The summed E-state index contributed by atoms with van der Waals surface area (Å²) in [5, 5.41) is 0.737. The van der Waals surface area contributed by atoms with Crippen molar-refractivity contribution in [3.05, 3.63) is 40.4 Å². The molecule has 0 atom stereocenters. The third-order valence-corrected chi connectivity index (χ3v) is 5.27. The molecule has 1 fully saturated rings. The maximum Gasteiger partial charge on any atom is 0.357 e. The number of ether oxygens (including phenoxy) is 2. The van der Waals surface area contributed by atoms with E-state index in [1.165, 1.54) is 39.2 Å². The Hall–Kier alpha value is -2.67. The van der Waals surface area contributed by atoms with Crippen molar-refractivity contribution < 1.29 is 18.7 Å². The van der Waals surface area contributed by atoms with E-state index in [-0.39, 0.29) is 27.9 Å². The first-order chi connectivity index (χ1) is 13.4. The SMILES string of the molecule is COC(=O)c1nc(-c2ccc(Cl)c(OC)c2F)nc2c1cc(C)n2CC1CC1. The number of benzene rings is 1. The van der Waals surface area contributed by atoms with Gasteiger partial charge in [0.25, 0.3) is 0 Å². The number of nitrogens with zero attached hydrogens (tertiary/aromatic N) is 3. The Balaban J connectivity index is 1.98. The van der Waals surface area contributed by atoms with Crippen LogP contribution in [0, 0.1) is 18.7 Å². The minimum absolute atomic E-state index is 0.0792. The summed E-state index contributed by atoms with van der Waals surface area (Å²) in [4.78, 5) is 21.3. The molecule has 1 aliphatic carbocycles. The van der Waals surface area contributed by atoms with Crippen LogP contribution < -0.4 is 4.74 Å². The van der Waals surface area contributed by atoms with Crippen molar-refractivity contribution in [2.45, 2.75) is 26.3 Å². The van der Waals surface area contributed by atoms with Gasteiger partial charge in [0.2, 0.25) is 0 Å². The highest BCUT2D eigenvalue weighted by Crippen LogP contribution is 2.36. The summed E-state index contributed by atoms with van der Waals surface area (Å²) < 4.78 is 26.9. The molecule has 0 aliphatic heterocycles. The zero-order valence-electron chi connectivity index (χ0n) is 15.8. The molecule has 2 aromatic heterocycles. The van der Waals surface area contributed by atoms with Crippen LogP contribution in [0.5, 0.6) is 5.75 Å². The van der Waals surface area contributed by atoms with Crippen molar-refractivity contribution >= 4 is 28.6 Å². The molecule has 3 aromatic rings. The van der Waals surface area contributed by atoms with Gasteiger partial charge in [0.05, 0.1) is 30.2 Å². The van der Waals surface area contributed by atoms with Gasteiger partial charge >= 0.3 is 5.97 Å². The van der Waals surface area contributed by atoms with Gasteiger partial charge in [-0.15, -0.1) is 0 Å². The van der Waals surface area contributed by atoms with Crippen molar-refractivity contribution in [2.75, 3.05) is 14.2 Å². The standard InChI is InChI=1S/C20H19ClFN3O3/c1-10-8-13-16(20(26)28-3)23-18(24-19(13)25(10)9-11-4-5-11)12-6-7-14(21)17(27-2)15(12)22/h6-8,11H,4-5,9H2,1-3H3. The topological polar surface area (TPSA) is 66.2 Å². The first kappa shape index (κ1) is 18.7. The van der Waals surface area contributed by atoms with Gasteiger partial charge in [-0.1, -0.05) is 11.6 Å².